The van der Waals surface area contributed by atoms with Crippen LogP contribution in [0, 0.1) is 0 Å². The average molecular weight is 287 g/mol. The molecule has 0 radical (unpaired) electrons. The van der Waals surface area contributed by atoms with Gasteiger partial charge in [0.05, 0.1) is 17.8 Å². The first-order valence-electron chi connectivity index (χ1n) is 5.86. The van der Waals surface area contributed by atoms with Crippen LogP contribution in [-0.4, -0.2) is 21.0 Å². The van der Waals surface area contributed by atoms with Crippen molar-refractivity contribution in [2.75, 3.05) is 0 Å². The average Bonchev–Trinajstić information content (AvgIpc) is 2.96. The molecule has 0 bridgehead atoms. The minimum atomic E-state index is -0.379. The summed E-state index contributed by atoms with van der Waals surface area (Å²) in [7, 11) is 0. The van der Waals surface area contributed by atoms with E-state index in [-0.39, 0.29) is 17.7 Å². The molecular formula is C11H15BrN2O2. The van der Waals surface area contributed by atoms with Crippen molar-refractivity contribution in [3.8, 4) is 0 Å². The number of aromatic nitrogens is 2. The van der Waals surface area contributed by atoms with Gasteiger partial charge in [-0.3, -0.25) is 9.89 Å². The smallest absolute Gasteiger partial charge is 0.281 e. The molecule has 2 fully saturated rings. The molecule has 4 nitrogen and oxygen atoms in total. The lowest BCUT2D eigenvalue weighted by atomic mass is 10.2. The van der Waals surface area contributed by atoms with Crippen LogP contribution in [0.2, 0.25) is 0 Å². The van der Waals surface area contributed by atoms with Crippen LogP contribution in [0.1, 0.15) is 49.8 Å². The van der Waals surface area contributed by atoms with Gasteiger partial charge in [0.15, 0.2) is 0 Å². The summed E-state index contributed by atoms with van der Waals surface area (Å²) in [6.45, 7) is 0. The topological polar surface area (TPSA) is 58.0 Å². The van der Waals surface area contributed by atoms with Crippen LogP contribution in [0.25, 0.3) is 0 Å². The molecule has 2 saturated carbocycles. The minimum Gasteiger partial charge on any atom is -0.391 e. The highest BCUT2D eigenvalue weighted by atomic mass is 79.9. The lowest BCUT2D eigenvalue weighted by Gasteiger charge is -2.14. The number of H-pyrrole nitrogens is 1. The summed E-state index contributed by atoms with van der Waals surface area (Å²) in [5.41, 5.74) is 0.997. The molecule has 16 heavy (non-hydrogen) atoms. The maximum absolute atomic E-state index is 12.0. The van der Waals surface area contributed by atoms with Crippen molar-refractivity contribution in [2.24, 2.45) is 0 Å². The third-order valence-corrected chi connectivity index (χ3v) is 4.41. The molecule has 0 aromatic carbocycles. The Labute approximate surface area is 102 Å². The standard InChI is InChI=1S/C11H15BrN2O2/c12-9-10(6-4-5-6)13-14(11(9)16)7-2-1-3-8(7)15/h6-8,13,15H,1-5H2. The Morgan fingerprint density at radius 2 is 2.06 bits per heavy atom. The fourth-order valence-electron chi connectivity index (χ4n) is 2.55. The van der Waals surface area contributed by atoms with Crippen LogP contribution in [0.15, 0.2) is 9.27 Å². The second-order valence-electron chi connectivity index (χ2n) is 4.85. The Morgan fingerprint density at radius 1 is 1.31 bits per heavy atom. The molecule has 88 valence electrons. The van der Waals surface area contributed by atoms with Gasteiger partial charge in [-0.05, 0) is 48.0 Å². The van der Waals surface area contributed by atoms with Gasteiger partial charge in [0.1, 0.15) is 4.47 Å². The monoisotopic (exact) mass is 286 g/mol. The Balaban J connectivity index is 2.00. The van der Waals surface area contributed by atoms with Crippen molar-refractivity contribution in [2.45, 2.75) is 50.2 Å². The first-order chi connectivity index (χ1) is 7.68. The Morgan fingerprint density at radius 3 is 2.62 bits per heavy atom. The predicted molar refractivity (Wildman–Crippen MR) is 63.6 cm³/mol. The van der Waals surface area contributed by atoms with E-state index in [0.717, 1.165) is 37.8 Å². The number of hydrogen-bond donors (Lipinski definition) is 2. The number of halogens is 1. The van der Waals surface area contributed by atoms with E-state index >= 15 is 0 Å². The van der Waals surface area contributed by atoms with Gasteiger partial charge in [-0.1, -0.05) is 0 Å². The van der Waals surface area contributed by atoms with Gasteiger partial charge >= 0.3 is 0 Å². The number of hydrogen-bond acceptors (Lipinski definition) is 2. The molecule has 0 saturated heterocycles. The fraction of sp³-hybridized carbons (Fsp3) is 0.727. The van der Waals surface area contributed by atoms with Crippen molar-refractivity contribution in [1.29, 1.82) is 0 Å². The molecular weight excluding hydrogens is 272 g/mol. The van der Waals surface area contributed by atoms with Crippen molar-refractivity contribution in [1.82, 2.24) is 9.78 Å². The van der Waals surface area contributed by atoms with Gasteiger partial charge in [-0.15, -0.1) is 0 Å². The highest BCUT2D eigenvalue weighted by molar-refractivity contribution is 9.10. The fourth-order valence-corrected chi connectivity index (χ4v) is 3.15. The molecule has 1 aromatic rings. The lowest BCUT2D eigenvalue weighted by Crippen LogP contribution is -2.27. The molecule has 1 aromatic heterocycles. The molecule has 2 atom stereocenters. The summed E-state index contributed by atoms with van der Waals surface area (Å²) in [4.78, 5) is 12.0. The zero-order valence-electron chi connectivity index (χ0n) is 8.95. The molecule has 2 unspecified atom stereocenters. The summed E-state index contributed by atoms with van der Waals surface area (Å²) in [6, 6.07) is -0.0590. The first-order valence-corrected chi connectivity index (χ1v) is 6.65. The zero-order chi connectivity index (χ0) is 11.3. The molecule has 2 N–H and O–H groups in total. The number of aromatic amines is 1. The summed E-state index contributed by atoms with van der Waals surface area (Å²) < 4.78 is 2.28. The van der Waals surface area contributed by atoms with E-state index in [2.05, 4.69) is 21.0 Å². The van der Waals surface area contributed by atoms with Crippen LogP contribution in [0.3, 0.4) is 0 Å². The van der Waals surface area contributed by atoms with Gasteiger partial charge in [-0.25, -0.2) is 4.68 Å². The number of rotatable bonds is 2. The van der Waals surface area contributed by atoms with Crippen LogP contribution in [0.4, 0.5) is 0 Å². The molecule has 5 heteroatoms. The molecule has 0 spiro atoms. The van der Waals surface area contributed by atoms with Gasteiger partial charge in [0.25, 0.3) is 5.56 Å². The highest BCUT2D eigenvalue weighted by Gasteiger charge is 2.33. The summed E-state index contributed by atoms with van der Waals surface area (Å²) in [5, 5.41) is 13.0. The van der Waals surface area contributed by atoms with E-state index in [4.69, 9.17) is 0 Å². The van der Waals surface area contributed by atoms with Crippen molar-refractivity contribution < 1.29 is 5.11 Å². The SMILES string of the molecule is O=c1c(Br)c(C2CC2)[nH]n1C1CCCC1O. The summed E-state index contributed by atoms with van der Waals surface area (Å²) in [5.74, 6) is 0.516. The summed E-state index contributed by atoms with van der Waals surface area (Å²) >= 11 is 3.36. The molecule has 0 aliphatic heterocycles. The molecule has 0 amide bonds. The summed E-state index contributed by atoms with van der Waals surface area (Å²) in [6.07, 6.45) is 4.62. The van der Waals surface area contributed by atoms with Crippen LogP contribution >= 0.6 is 15.9 Å². The molecule has 2 aliphatic carbocycles. The number of nitrogens with one attached hydrogen (secondary N) is 1. The second kappa shape index (κ2) is 3.74. The van der Waals surface area contributed by atoms with Gasteiger partial charge in [-0.2, -0.15) is 0 Å². The number of aliphatic hydroxyl groups excluding tert-OH is 1. The Bertz CT molecular complexity index is 461. The first kappa shape index (κ1) is 10.6. The van der Waals surface area contributed by atoms with Gasteiger partial charge < -0.3 is 5.11 Å². The van der Waals surface area contributed by atoms with Crippen LogP contribution in [-0.2, 0) is 0 Å². The van der Waals surface area contributed by atoms with E-state index in [1.165, 1.54) is 0 Å². The second-order valence-corrected chi connectivity index (χ2v) is 5.65. The number of aliphatic hydroxyl groups is 1. The quantitative estimate of drug-likeness (QED) is 0.873. The Hall–Kier alpha value is -0.550. The number of nitrogens with zero attached hydrogens (tertiary/aromatic N) is 1. The molecule has 2 aliphatic rings. The zero-order valence-corrected chi connectivity index (χ0v) is 10.5. The maximum Gasteiger partial charge on any atom is 0.281 e. The lowest BCUT2D eigenvalue weighted by molar-refractivity contribution is 0.128. The van der Waals surface area contributed by atoms with Gasteiger partial charge in [0, 0.05) is 5.92 Å². The van der Waals surface area contributed by atoms with Crippen molar-refractivity contribution >= 4 is 15.9 Å². The third-order valence-electron chi connectivity index (χ3n) is 3.65. The van der Waals surface area contributed by atoms with Gasteiger partial charge in [0.2, 0.25) is 0 Å². The van der Waals surface area contributed by atoms with E-state index in [1.54, 1.807) is 4.68 Å². The van der Waals surface area contributed by atoms with E-state index < -0.39 is 0 Å². The maximum atomic E-state index is 12.0. The van der Waals surface area contributed by atoms with E-state index in [1.807, 2.05) is 0 Å². The third kappa shape index (κ3) is 1.57. The predicted octanol–water partition coefficient (Wildman–Crippen LogP) is 1.90. The molecule has 3 rings (SSSR count). The van der Waals surface area contributed by atoms with Crippen LogP contribution < -0.4 is 5.56 Å². The van der Waals surface area contributed by atoms with E-state index in [0.29, 0.717) is 10.4 Å². The largest absolute Gasteiger partial charge is 0.391 e. The normalized spacial score (nSPS) is 29.9. The Kier molecular flexibility index (Phi) is 2.47. The highest BCUT2D eigenvalue weighted by Crippen LogP contribution is 2.42. The van der Waals surface area contributed by atoms with E-state index in [9.17, 15) is 9.90 Å². The molecule has 1 heterocycles. The van der Waals surface area contributed by atoms with Crippen molar-refractivity contribution in [3.05, 3.63) is 20.5 Å². The van der Waals surface area contributed by atoms with Crippen molar-refractivity contribution in [3.63, 3.8) is 0 Å². The minimum absolute atomic E-state index is 0.0205. The van der Waals surface area contributed by atoms with Crippen LogP contribution in [0.5, 0.6) is 0 Å².